The van der Waals surface area contributed by atoms with Gasteiger partial charge in [-0.15, -0.1) is 0 Å². The van der Waals surface area contributed by atoms with Crippen LogP contribution in [0.1, 0.15) is 43.0 Å². The van der Waals surface area contributed by atoms with Crippen LogP contribution in [0, 0.1) is 0 Å². The molecule has 1 N–H and O–H groups in total. The largest absolute Gasteiger partial charge is 0.359 e. The highest BCUT2D eigenvalue weighted by Gasteiger charge is 2.09. The fourth-order valence-corrected chi connectivity index (χ4v) is 2.82. The molecule has 0 saturated carbocycles. The Hall–Kier alpha value is -1.87. The molecule has 2 nitrogen and oxygen atoms in total. The average molecular weight is 372 g/mol. The van der Waals surface area contributed by atoms with Crippen LogP contribution in [0.3, 0.4) is 0 Å². The molecule has 0 aliphatic rings. The summed E-state index contributed by atoms with van der Waals surface area (Å²) >= 11 is 3.45. The maximum Gasteiger partial charge on any atom is 0.188 e. The number of benzene rings is 2. The van der Waals surface area contributed by atoms with Crippen molar-refractivity contribution in [3.63, 3.8) is 0 Å². The third kappa shape index (κ3) is 5.68. The van der Waals surface area contributed by atoms with E-state index in [0.29, 0.717) is 5.56 Å². The van der Waals surface area contributed by atoms with Crippen molar-refractivity contribution >= 4 is 27.4 Å². The second-order valence-electron chi connectivity index (χ2n) is 5.46. The molecule has 0 unspecified atom stereocenters. The second-order valence-corrected chi connectivity index (χ2v) is 6.32. The van der Waals surface area contributed by atoms with Crippen LogP contribution >= 0.6 is 15.9 Å². The molecule has 0 aliphatic heterocycles. The number of rotatable bonds is 8. The molecule has 0 saturated heterocycles. The van der Waals surface area contributed by atoms with Crippen molar-refractivity contribution in [2.45, 2.75) is 32.6 Å². The van der Waals surface area contributed by atoms with E-state index in [-0.39, 0.29) is 5.78 Å². The third-order valence-corrected chi connectivity index (χ3v) is 4.26. The van der Waals surface area contributed by atoms with Gasteiger partial charge in [0.25, 0.3) is 0 Å². The van der Waals surface area contributed by atoms with E-state index in [4.69, 9.17) is 0 Å². The Labute approximate surface area is 146 Å². The number of hydrogen-bond acceptors (Lipinski definition) is 2. The van der Waals surface area contributed by atoms with Gasteiger partial charge >= 0.3 is 0 Å². The number of nitrogens with one attached hydrogen (secondary N) is 1. The minimum atomic E-state index is 0.0207. The van der Waals surface area contributed by atoms with Crippen LogP contribution in [0.25, 0.3) is 0 Å². The van der Waals surface area contributed by atoms with Crippen LogP contribution in [0.4, 0.5) is 5.69 Å². The van der Waals surface area contributed by atoms with Gasteiger partial charge < -0.3 is 5.32 Å². The number of halogens is 1. The van der Waals surface area contributed by atoms with E-state index in [1.165, 1.54) is 0 Å². The molecule has 0 spiro atoms. The van der Waals surface area contributed by atoms with Crippen LogP contribution < -0.4 is 5.32 Å². The van der Waals surface area contributed by atoms with Gasteiger partial charge in [0.15, 0.2) is 5.78 Å². The predicted molar refractivity (Wildman–Crippen MR) is 101 cm³/mol. The standard InChI is InChI=1S/C20H22BrNO/c1-2-3-5-12-17(22-16-10-6-4-7-11-16)15-20(23)18-13-8-9-14-19(18)21/h4,6-11,13-15,22H,2-3,5,12H2,1H3/b17-15+. The highest BCUT2D eigenvalue weighted by atomic mass is 79.9. The summed E-state index contributed by atoms with van der Waals surface area (Å²) in [5.74, 6) is 0.0207. The minimum Gasteiger partial charge on any atom is -0.359 e. The van der Waals surface area contributed by atoms with E-state index in [9.17, 15) is 4.79 Å². The summed E-state index contributed by atoms with van der Waals surface area (Å²) in [5, 5.41) is 3.38. The molecular weight excluding hydrogens is 350 g/mol. The fraction of sp³-hybridized carbons (Fsp3) is 0.250. The number of para-hydroxylation sites is 1. The Morgan fingerprint density at radius 1 is 1.04 bits per heavy atom. The number of ketones is 1. The van der Waals surface area contributed by atoms with Crippen LogP contribution in [0.15, 0.2) is 70.8 Å². The Morgan fingerprint density at radius 3 is 2.43 bits per heavy atom. The first-order valence-corrected chi connectivity index (χ1v) is 8.81. The molecule has 0 aromatic heterocycles. The smallest absolute Gasteiger partial charge is 0.188 e. The zero-order chi connectivity index (χ0) is 16.5. The molecule has 0 radical (unpaired) electrons. The van der Waals surface area contributed by atoms with Crippen molar-refractivity contribution in [2.75, 3.05) is 5.32 Å². The minimum absolute atomic E-state index is 0.0207. The van der Waals surface area contributed by atoms with Gasteiger partial charge in [-0.25, -0.2) is 0 Å². The number of carbonyl (C=O) groups is 1. The normalized spacial score (nSPS) is 11.3. The van der Waals surface area contributed by atoms with E-state index >= 15 is 0 Å². The molecule has 0 bridgehead atoms. The van der Waals surface area contributed by atoms with Crippen molar-refractivity contribution in [3.05, 3.63) is 76.4 Å². The summed E-state index contributed by atoms with van der Waals surface area (Å²) < 4.78 is 0.828. The van der Waals surface area contributed by atoms with Crippen LogP contribution in [0.2, 0.25) is 0 Å². The van der Waals surface area contributed by atoms with Gasteiger partial charge in [-0.3, -0.25) is 4.79 Å². The topological polar surface area (TPSA) is 29.1 Å². The molecule has 2 aromatic rings. The van der Waals surface area contributed by atoms with E-state index in [0.717, 1.165) is 41.5 Å². The lowest BCUT2D eigenvalue weighted by molar-refractivity contribution is 0.104. The van der Waals surface area contributed by atoms with Gasteiger partial charge in [0, 0.05) is 27.5 Å². The highest BCUT2D eigenvalue weighted by molar-refractivity contribution is 9.10. The van der Waals surface area contributed by atoms with Crippen LogP contribution in [-0.2, 0) is 0 Å². The first-order valence-electron chi connectivity index (χ1n) is 8.02. The third-order valence-electron chi connectivity index (χ3n) is 3.57. The van der Waals surface area contributed by atoms with E-state index in [1.54, 1.807) is 6.08 Å². The lowest BCUT2D eigenvalue weighted by Gasteiger charge is -2.11. The molecule has 2 aromatic carbocycles. The lowest BCUT2D eigenvalue weighted by Crippen LogP contribution is -2.05. The molecule has 23 heavy (non-hydrogen) atoms. The van der Waals surface area contributed by atoms with Crippen LogP contribution in [0.5, 0.6) is 0 Å². The van der Waals surface area contributed by atoms with Gasteiger partial charge in [-0.1, -0.05) is 66.0 Å². The zero-order valence-corrected chi connectivity index (χ0v) is 15.0. The Kier molecular flexibility index (Phi) is 7.08. The monoisotopic (exact) mass is 371 g/mol. The van der Waals surface area contributed by atoms with Gasteiger partial charge in [0.2, 0.25) is 0 Å². The van der Waals surface area contributed by atoms with Gasteiger partial charge in [0.1, 0.15) is 0 Å². The predicted octanol–water partition coefficient (Wildman–Crippen LogP) is 6.21. The SMILES string of the molecule is CCCCC/C(=C\C(=O)c1ccccc1Br)Nc1ccccc1. The summed E-state index contributed by atoms with van der Waals surface area (Å²) in [6.07, 6.45) is 6.00. The van der Waals surface area contributed by atoms with Gasteiger partial charge in [-0.05, 0) is 37.1 Å². The second kappa shape index (κ2) is 9.31. The van der Waals surface area contributed by atoms with Crippen molar-refractivity contribution in [1.29, 1.82) is 0 Å². The zero-order valence-electron chi connectivity index (χ0n) is 13.4. The van der Waals surface area contributed by atoms with Crippen molar-refractivity contribution in [2.24, 2.45) is 0 Å². The van der Waals surface area contributed by atoms with Crippen molar-refractivity contribution in [3.8, 4) is 0 Å². The Bertz CT molecular complexity index is 664. The summed E-state index contributed by atoms with van der Waals surface area (Å²) in [6.45, 7) is 2.18. The van der Waals surface area contributed by atoms with Gasteiger partial charge in [-0.2, -0.15) is 0 Å². The molecule has 0 heterocycles. The van der Waals surface area contributed by atoms with E-state index in [1.807, 2.05) is 54.6 Å². The summed E-state index contributed by atoms with van der Waals surface area (Å²) in [4.78, 5) is 12.6. The first-order chi connectivity index (χ1) is 11.2. The summed E-state index contributed by atoms with van der Waals surface area (Å²) in [7, 11) is 0. The molecule has 0 fully saturated rings. The lowest BCUT2D eigenvalue weighted by atomic mass is 10.1. The number of anilines is 1. The number of allylic oxidation sites excluding steroid dienone is 2. The molecule has 0 atom stereocenters. The van der Waals surface area contributed by atoms with Crippen molar-refractivity contribution < 1.29 is 4.79 Å². The molecule has 3 heteroatoms. The van der Waals surface area contributed by atoms with E-state index in [2.05, 4.69) is 28.2 Å². The maximum absolute atomic E-state index is 12.6. The molecule has 2 rings (SSSR count). The van der Waals surface area contributed by atoms with Crippen LogP contribution in [-0.4, -0.2) is 5.78 Å². The summed E-state index contributed by atoms with van der Waals surface area (Å²) in [5.41, 5.74) is 2.66. The fourth-order valence-electron chi connectivity index (χ4n) is 2.34. The summed E-state index contributed by atoms with van der Waals surface area (Å²) in [6, 6.07) is 17.5. The van der Waals surface area contributed by atoms with Crippen molar-refractivity contribution in [1.82, 2.24) is 0 Å². The molecule has 0 amide bonds. The quantitative estimate of drug-likeness (QED) is 0.339. The Balaban J connectivity index is 2.18. The highest BCUT2D eigenvalue weighted by Crippen LogP contribution is 2.20. The van der Waals surface area contributed by atoms with E-state index < -0.39 is 0 Å². The number of carbonyl (C=O) groups excluding carboxylic acids is 1. The molecular formula is C20H22BrNO. The molecule has 0 aliphatic carbocycles. The maximum atomic E-state index is 12.6. The Morgan fingerprint density at radius 2 is 1.74 bits per heavy atom. The average Bonchev–Trinajstić information content (AvgIpc) is 2.56. The number of unbranched alkanes of at least 4 members (excludes halogenated alkanes) is 2. The van der Waals surface area contributed by atoms with Gasteiger partial charge in [0.05, 0.1) is 0 Å². The first kappa shape index (κ1) is 17.5. The number of hydrogen-bond donors (Lipinski definition) is 1. The molecule has 120 valence electrons.